The zero-order valence-corrected chi connectivity index (χ0v) is 8.58. The number of hydrogen-bond acceptors (Lipinski definition) is 2. The average Bonchev–Trinajstić information content (AvgIpc) is 2.03. The molecule has 1 rings (SSSR count). The Morgan fingerprint density at radius 3 is 2.91 bits per heavy atom. The first kappa shape index (κ1) is 8.93. The second kappa shape index (κ2) is 4.01. The fraction of sp³-hybridized carbons (Fsp3) is 0.375. The summed E-state index contributed by atoms with van der Waals surface area (Å²) in [5, 5.41) is 0. The molecule has 0 aromatic carbocycles. The Kier molecular flexibility index (Phi) is 3.26. The molecule has 0 radical (unpaired) electrons. The highest BCUT2D eigenvalue weighted by Crippen LogP contribution is 2.11. The molecule has 1 aromatic heterocycles. The van der Waals surface area contributed by atoms with Crippen molar-refractivity contribution in [2.24, 2.45) is 5.73 Å². The number of rotatable bonds is 2. The molecule has 3 heteroatoms. The van der Waals surface area contributed by atoms with Crippen molar-refractivity contribution in [2.45, 2.75) is 19.4 Å². The van der Waals surface area contributed by atoms with E-state index in [1.807, 2.05) is 18.2 Å². The van der Waals surface area contributed by atoms with Crippen molar-refractivity contribution in [2.75, 3.05) is 0 Å². The first-order chi connectivity index (χ1) is 5.24. The standard InChI is InChI=1S/C8H11IN2/c1-2-6(10)7-4-3-5-8(9)11-7/h3-6H,2,10H2,1H3. The first-order valence-electron chi connectivity index (χ1n) is 3.62. The predicted octanol–water partition coefficient (Wildman–Crippen LogP) is 2.10. The van der Waals surface area contributed by atoms with Crippen LogP contribution in [0.5, 0.6) is 0 Å². The van der Waals surface area contributed by atoms with Gasteiger partial charge in [-0.15, -0.1) is 0 Å². The van der Waals surface area contributed by atoms with Crippen LogP contribution in [0.4, 0.5) is 0 Å². The molecule has 0 spiro atoms. The van der Waals surface area contributed by atoms with E-state index >= 15 is 0 Å². The molecule has 0 aliphatic rings. The van der Waals surface area contributed by atoms with Gasteiger partial charge in [-0.3, -0.25) is 0 Å². The van der Waals surface area contributed by atoms with Crippen molar-refractivity contribution in [3.8, 4) is 0 Å². The van der Waals surface area contributed by atoms with Crippen LogP contribution in [-0.2, 0) is 0 Å². The highest BCUT2D eigenvalue weighted by molar-refractivity contribution is 14.1. The van der Waals surface area contributed by atoms with Crippen LogP contribution in [0, 0.1) is 3.70 Å². The van der Waals surface area contributed by atoms with Gasteiger partial charge in [-0.1, -0.05) is 13.0 Å². The number of nitrogens with zero attached hydrogens (tertiary/aromatic N) is 1. The van der Waals surface area contributed by atoms with Crippen LogP contribution < -0.4 is 5.73 Å². The molecule has 0 aliphatic carbocycles. The van der Waals surface area contributed by atoms with Gasteiger partial charge in [-0.25, -0.2) is 4.98 Å². The Morgan fingerprint density at radius 2 is 2.36 bits per heavy atom. The number of hydrogen-bond donors (Lipinski definition) is 1. The third-order valence-electron chi connectivity index (χ3n) is 1.56. The van der Waals surface area contributed by atoms with Crippen LogP contribution >= 0.6 is 22.6 Å². The number of aromatic nitrogens is 1. The van der Waals surface area contributed by atoms with Crippen molar-refractivity contribution < 1.29 is 0 Å². The summed E-state index contributed by atoms with van der Waals surface area (Å²) >= 11 is 2.19. The Morgan fingerprint density at radius 1 is 1.64 bits per heavy atom. The highest BCUT2D eigenvalue weighted by Gasteiger charge is 2.03. The summed E-state index contributed by atoms with van der Waals surface area (Å²) in [6, 6.07) is 6.01. The quantitative estimate of drug-likeness (QED) is 0.654. The van der Waals surface area contributed by atoms with Crippen LogP contribution in [0.3, 0.4) is 0 Å². The molecule has 1 atom stereocenters. The molecule has 2 N–H and O–H groups in total. The van der Waals surface area contributed by atoms with Gasteiger partial charge < -0.3 is 5.73 Å². The van der Waals surface area contributed by atoms with E-state index in [1.165, 1.54) is 0 Å². The Bertz CT molecular complexity index is 237. The van der Waals surface area contributed by atoms with Crippen LogP contribution in [0.1, 0.15) is 25.1 Å². The minimum Gasteiger partial charge on any atom is -0.323 e. The van der Waals surface area contributed by atoms with Crippen molar-refractivity contribution >= 4 is 22.6 Å². The van der Waals surface area contributed by atoms with Crippen LogP contribution in [-0.4, -0.2) is 4.98 Å². The van der Waals surface area contributed by atoms with E-state index in [0.717, 1.165) is 15.8 Å². The third kappa shape index (κ3) is 2.41. The maximum absolute atomic E-state index is 5.80. The van der Waals surface area contributed by atoms with Gasteiger partial charge in [0.2, 0.25) is 0 Å². The van der Waals surface area contributed by atoms with Gasteiger partial charge in [0.1, 0.15) is 3.70 Å². The molecule has 0 saturated heterocycles. The van der Waals surface area contributed by atoms with E-state index in [1.54, 1.807) is 0 Å². The minimum atomic E-state index is 0.0877. The first-order valence-corrected chi connectivity index (χ1v) is 4.70. The van der Waals surface area contributed by atoms with Gasteiger partial charge in [-0.2, -0.15) is 0 Å². The smallest absolute Gasteiger partial charge is 0.101 e. The molecule has 0 fully saturated rings. The van der Waals surface area contributed by atoms with Gasteiger partial charge >= 0.3 is 0 Å². The zero-order chi connectivity index (χ0) is 8.27. The highest BCUT2D eigenvalue weighted by atomic mass is 127. The van der Waals surface area contributed by atoms with E-state index in [-0.39, 0.29) is 6.04 Å². The summed E-state index contributed by atoms with van der Waals surface area (Å²) in [6.45, 7) is 2.06. The van der Waals surface area contributed by atoms with Crippen LogP contribution in [0.2, 0.25) is 0 Å². The molecule has 60 valence electrons. The molecule has 0 aliphatic heterocycles. The lowest BCUT2D eigenvalue weighted by Gasteiger charge is -2.06. The number of nitrogens with two attached hydrogens (primary N) is 1. The van der Waals surface area contributed by atoms with Gasteiger partial charge in [-0.05, 0) is 41.1 Å². The summed E-state index contributed by atoms with van der Waals surface area (Å²) < 4.78 is 1.00. The van der Waals surface area contributed by atoms with E-state index < -0.39 is 0 Å². The van der Waals surface area contributed by atoms with Crippen molar-refractivity contribution in [3.05, 3.63) is 27.6 Å². The van der Waals surface area contributed by atoms with Crippen molar-refractivity contribution in [1.29, 1.82) is 0 Å². The lowest BCUT2D eigenvalue weighted by molar-refractivity contribution is 0.673. The molecule has 0 saturated carbocycles. The maximum atomic E-state index is 5.80. The normalized spacial score (nSPS) is 13.0. The molecular weight excluding hydrogens is 251 g/mol. The van der Waals surface area contributed by atoms with E-state index in [0.29, 0.717) is 0 Å². The summed E-state index contributed by atoms with van der Waals surface area (Å²) in [5.41, 5.74) is 6.78. The lowest BCUT2D eigenvalue weighted by atomic mass is 10.1. The molecule has 2 nitrogen and oxygen atoms in total. The van der Waals surface area contributed by atoms with Crippen molar-refractivity contribution in [3.63, 3.8) is 0 Å². The Hall–Kier alpha value is -0.160. The van der Waals surface area contributed by atoms with Gasteiger partial charge in [0.25, 0.3) is 0 Å². The fourth-order valence-corrected chi connectivity index (χ4v) is 1.33. The Labute approximate surface area is 80.3 Å². The second-order valence-corrected chi connectivity index (χ2v) is 3.51. The van der Waals surface area contributed by atoms with Crippen molar-refractivity contribution in [1.82, 2.24) is 4.98 Å². The maximum Gasteiger partial charge on any atom is 0.101 e. The molecule has 1 aromatic rings. The number of pyridine rings is 1. The zero-order valence-electron chi connectivity index (χ0n) is 6.42. The lowest BCUT2D eigenvalue weighted by Crippen LogP contribution is -2.10. The molecule has 1 unspecified atom stereocenters. The largest absolute Gasteiger partial charge is 0.323 e. The van der Waals surface area contributed by atoms with Gasteiger partial charge in [0.15, 0.2) is 0 Å². The third-order valence-corrected chi connectivity index (χ3v) is 2.16. The van der Waals surface area contributed by atoms with E-state index in [2.05, 4.69) is 34.5 Å². The monoisotopic (exact) mass is 262 g/mol. The van der Waals surface area contributed by atoms with Crippen LogP contribution in [0.25, 0.3) is 0 Å². The van der Waals surface area contributed by atoms with Gasteiger partial charge in [0, 0.05) is 6.04 Å². The SMILES string of the molecule is CCC(N)c1cccc(I)n1. The van der Waals surface area contributed by atoms with E-state index in [9.17, 15) is 0 Å². The summed E-state index contributed by atoms with van der Waals surface area (Å²) in [4.78, 5) is 4.31. The van der Waals surface area contributed by atoms with Gasteiger partial charge in [0.05, 0.1) is 5.69 Å². The average molecular weight is 262 g/mol. The fourth-order valence-electron chi connectivity index (χ4n) is 0.840. The van der Waals surface area contributed by atoms with E-state index in [4.69, 9.17) is 5.73 Å². The topological polar surface area (TPSA) is 38.9 Å². The summed E-state index contributed by atoms with van der Waals surface area (Å²) in [5.74, 6) is 0. The Balaban J connectivity index is 2.86. The minimum absolute atomic E-state index is 0.0877. The molecule has 0 bridgehead atoms. The van der Waals surface area contributed by atoms with Crippen LogP contribution in [0.15, 0.2) is 18.2 Å². The molecular formula is C8H11IN2. The summed E-state index contributed by atoms with van der Waals surface area (Å²) in [7, 11) is 0. The molecule has 1 heterocycles. The molecule has 11 heavy (non-hydrogen) atoms. The number of halogens is 1. The predicted molar refractivity (Wildman–Crippen MR) is 54.2 cm³/mol. The summed E-state index contributed by atoms with van der Waals surface area (Å²) in [6.07, 6.45) is 0.938. The molecule has 0 amide bonds. The second-order valence-electron chi connectivity index (χ2n) is 2.40.